The average molecular weight is 739 g/mol. The van der Waals surface area contributed by atoms with Gasteiger partial charge < -0.3 is 4.90 Å². The Morgan fingerprint density at radius 2 is 0.860 bits per heavy atom. The molecule has 8 heteroatoms. The smallest absolute Gasteiger partial charge is 0.182 e. The second kappa shape index (κ2) is 27.2. The van der Waals surface area contributed by atoms with Crippen LogP contribution >= 0.6 is 24.4 Å². The fraction of sp³-hybridized carbons (Fsp3) is 0.952. The Balaban J connectivity index is 3.61. The van der Waals surface area contributed by atoms with Gasteiger partial charge in [0.1, 0.15) is 17.6 Å². The Hall–Kier alpha value is -0.380. The van der Waals surface area contributed by atoms with Gasteiger partial charge in [-0.25, -0.2) is 0 Å². The van der Waals surface area contributed by atoms with E-state index in [1.54, 1.807) is 0 Å². The molecule has 0 aromatic carbocycles. The Kier molecular flexibility index (Phi) is 26.0. The van der Waals surface area contributed by atoms with Crippen molar-refractivity contribution in [3.05, 3.63) is 0 Å². The van der Waals surface area contributed by atoms with Gasteiger partial charge in [0.15, 0.2) is 5.11 Å². The summed E-state index contributed by atoms with van der Waals surface area (Å²) >= 11 is 13.2. The van der Waals surface area contributed by atoms with Gasteiger partial charge in [0.05, 0.1) is 5.54 Å². The van der Waals surface area contributed by atoms with E-state index in [1.165, 1.54) is 103 Å². The third-order valence-corrected chi connectivity index (χ3v) is 12.5. The van der Waals surface area contributed by atoms with Gasteiger partial charge in [0, 0.05) is 26.2 Å². The number of rotatable bonds is 32. The Bertz CT molecular complexity index is 846. The Labute approximate surface area is 323 Å². The highest BCUT2D eigenvalue weighted by atomic mass is 32.1. The first-order valence-electron chi connectivity index (χ1n) is 21.6. The maximum Gasteiger partial charge on any atom is 0.182 e. The summed E-state index contributed by atoms with van der Waals surface area (Å²) < 4.78 is 0. The zero-order valence-corrected chi connectivity index (χ0v) is 36.7. The molecule has 6 nitrogen and oxygen atoms in total. The summed E-state index contributed by atoms with van der Waals surface area (Å²) in [6.45, 7) is 29.5. The maximum absolute atomic E-state index is 6.61. The summed E-state index contributed by atoms with van der Waals surface area (Å²) in [6, 6.07) is 0. The number of hydrogen-bond acceptors (Lipinski definition) is 6. The largest absolute Gasteiger partial charge is 0.308 e. The van der Waals surface area contributed by atoms with E-state index in [1.807, 2.05) is 0 Å². The van der Waals surface area contributed by atoms with Gasteiger partial charge in [-0.2, -0.15) is 0 Å². The normalized spacial score (nSPS) is 20.5. The molecule has 1 saturated heterocycles. The monoisotopic (exact) mass is 739 g/mol. The molecular formula is C42H86N6S2. The van der Waals surface area contributed by atoms with Crippen molar-refractivity contribution in [2.24, 2.45) is 29.6 Å². The van der Waals surface area contributed by atoms with Crippen LogP contribution in [-0.2, 0) is 0 Å². The molecule has 296 valence electrons. The highest BCUT2D eigenvalue weighted by Gasteiger charge is 2.53. The van der Waals surface area contributed by atoms with Crippen LogP contribution < -0.4 is 21.3 Å². The molecule has 0 radical (unpaired) electrons. The molecule has 1 fully saturated rings. The molecule has 5 unspecified atom stereocenters. The number of unbranched alkanes of at least 4 members (excludes halogenated alkanes) is 4. The van der Waals surface area contributed by atoms with E-state index in [0.717, 1.165) is 42.7 Å². The van der Waals surface area contributed by atoms with Crippen molar-refractivity contribution >= 4 is 34.5 Å². The summed E-state index contributed by atoms with van der Waals surface area (Å²) in [7, 11) is 0. The van der Waals surface area contributed by atoms with Crippen LogP contribution in [0.4, 0.5) is 0 Å². The van der Waals surface area contributed by atoms with Crippen LogP contribution in [0, 0.1) is 29.6 Å². The molecule has 1 rings (SSSR count). The van der Waals surface area contributed by atoms with Crippen molar-refractivity contribution in [3.63, 3.8) is 0 Å². The highest BCUT2D eigenvalue weighted by molar-refractivity contribution is 7.82. The zero-order valence-electron chi connectivity index (χ0n) is 35.1. The van der Waals surface area contributed by atoms with E-state index in [2.05, 4.69) is 107 Å². The minimum absolute atomic E-state index is 0.0814. The molecule has 50 heavy (non-hydrogen) atoms. The van der Waals surface area contributed by atoms with Gasteiger partial charge in [-0.1, -0.05) is 159 Å². The molecule has 1 heterocycles. The van der Waals surface area contributed by atoms with Crippen LogP contribution in [-0.4, -0.2) is 64.2 Å². The number of thiocarbonyl (C=S) groups is 2. The summed E-state index contributed by atoms with van der Waals surface area (Å²) in [4.78, 5) is 5.75. The molecule has 0 bridgehead atoms. The molecule has 1 aliphatic rings. The predicted molar refractivity (Wildman–Crippen MR) is 230 cm³/mol. The minimum Gasteiger partial charge on any atom is -0.308 e. The van der Waals surface area contributed by atoms with Crippen LogP contribution in [0.5, 0.6) is 0 Å². The lowest BCUT2D eigenvalue weighted by Crippen LogP contribution is -2.64. The third-order valence-electron chi connectivity index (χ3n) is 11.5. The second-order valence-electron chi connectivity index (χ2n) is 16.3. The topological polar surface area (TPSA) is 54.6 Å². The third kappa shape index (κ3) is 15.9. The highest BCUT2D eigenvalue weighted by Crippen LogP contribution is 2.37. The van der Waals surface area contributed by atoms with E-state index in [4.69, 9.17) is 24.4 Å². The van der Waals surface area contributed by atoms with Crippen LogP contribution in [0.25, 0.3) is 0 Å². The number of nitrogens with zero attached hydrogens (tertiary/aromatic N) is 2. The molecule has 0 amide bonds. The van der Waals surface area contributed by atoms with Gasteiger partial charge in [-0.3, -0.25) is 26.2 Å². The molecule has 0 aromatic heterocycles. The standard InChI is InChI=1S/C42H86N6S2/c1-12-20-24-34(16-5)29-43-39(44-30-35(17-6)25-21-13-2)47-38(49)42(11,28-33(9)10)48(41(47)50)40(45-31-36(18-7)26-22-14-3)46-32-37(19-8)27-23-15-4/h33-37,39-40,43-46H,12-32H2,1-11H3. The lowest BCUT2D eigenvalue weighted by Gasteiger charge is -2.42. The first-order chi connectivity index (χ1) is 24.0. The van der Waals surface area contributed by atoms with Crippen molar-refractivity contribution < 1.29 is 0 Å². The second-order valence-corrected chi connectivity index (χ2v) is 17.1. The molecular weight excluding hydrogens is 653 g/mol. The minimum atomic E-state index is -0.387. The van der Waals surface area contributed by atoms with Gasteiger partial charge >= 0.3 is 0 Å². The van der Waals surface area contributed by atoms with Crippen molar-refractivity contribution in [3.8, 4) is 0 Å². The van der Waals surface area contributed by atoms with E-state index in [9.17, 15) is 0 Å². The van der Waals surface area contributed by atoms with Gasteiger partial charge in [-0.05, 0) is 80.8 Å². The molecule has 0 spiro atoms. The predicted octanol–water partition coefficient (Wildman–Crippen LogP) is 10.8. The summed E-state index contributed by atoms with van der Waals surface area (Å²) in [5.41, 5.74) is -0.387. The molecule has 4 N–H and O–H groups in total. The SMILES string of the molecule is CCCCC(CC)CNC(NCC(CC)CCCC)N1C(=S)N(C(NCC(CC)CCCC)NCC(CC)CCCC)C(C)(CC(C)C)C1=S. The average Bonchev–Trinajstić information content (AvgIpc) is 3.29. The van der Waals surface area contributed by atoms with Gasteiger partial charge in [0.25, 0.3) is 0 Å². The van der Waals surface area contributed by atoms with E-state index >= 15 is 0 Å². The van der Waals surface area contributed by atoms with Crippen LogP contribution in [0.15, 0.2) is 0 Å². The molecule has 5 atom stereocenters. The lowest BCUT2D eigenvalue weighted by atomic mass is 9.89. The van der Waals surface area contributed by atoms with Gasteiger partial charge in [0.2, 0.25) is 0 Å². The van der Waals surface area contributed by atoms with E-state index in [0.29, 0.717) is 29.6 Å². The molecule has 0 aromatic rings. The zero-order chi connectivity index (χ0) is 37.5. The number of nitrogens with one attached hydrogen (secondary N) is 4. The molecule has 0 saturated carbocycles. The van der Waals surface area contributed by atoms with E-state index in [-0.39, 0.29) is 18.1 Å². The summed E-state index contributed by atoms with van der Waals surface area (Å²) in [5, 5.41) is 17.0. The van der Waals surface area contributed by atoms with Crippen molar-refractivity contribution in [1.82, 2.24) is 31.1 Å². The lowest BCUT2D eigenvalue weighted by molar-refractivity contribution is 0.125. The fourth-order valence-electron chi connectivity index (χ4n) is 7.78. The Morgan fingerprint density at radius 3 is 1.14 bits per heavy atom. The van der Waals surface area contributed by atoms with Crippen molar-refractivity contribution in [1.29, 1.82) is 0 Å². The van der Waals surface area contributed by atoms with Crippen molar-refractivity contribution in [2.45, 2.75) is 203 Å². The van der Waals surface area contributed by atoms with Crippen LogP contribution in [0.1, 0.15) is 185 Å². The number of hydrogen-bond donors (Lipinski definition) is 4. The quantitative estimate of drug-likeness (QED) is 0.0402. The van der Waals surface area contributed by atoms with Crippen molar-refractivity contribution in [2.75, 3.05) is 26.2 Å². The first kappa shape index (κ1) is 47.6. The maximum atomic E-state index is 6.61. The summed E-state index contributed by atoms with van der Waals surface area (Å²) in [5.74, 6) is 3.06. The van der Waals surface area contributed by atoms with Crippen LogP contribution in [0.3, 0.4) is 0 Å². The fourth-order valence-corrected chi connectivity index (χ4v) is 8.71. The van der Waals surface area contributed by atoms with Gasteiger partial charge in [-0.15, -0.1) is 0 Å². The molecule has 1 aliphatic heterocycles. The Morgan fingerprint density at radius 1 is 0.540 bits per heavy atom. The van der Waals surface area contributed by atoms with E-state index < -0.39 is 0 Å². The summed E-state index contributed by atoms with van der Waals surface area (Å²) in [6.07, 6.45) is 20.6. The first-order valence-corrected chi connectivity index (χ1v) is 22.4. The molecule has 0 aliphatic carbocycles. The van der Waals surface area contributed by atoms with Crippen LogP contribution in [0.2, 0.25) is 0 Å².